The van der Waals surface area contributed by atoms with Crippen molar-refractivity contribution >= 4 is 60.7 Å². The van der Waals surface area contributed by atoms with Crippen LogP contribution in [0.4, 0.5) is 0 Å². The van der Waals surface area contributed by atoms with Gasteiger partial charge in [0.25, 0.3) is 5.91 Å². The maximum atomic E-state index is 12.5. The number of halogens is 2. The Morgan fingerprint density at radius 1 is 1.19 bits per heavy atom. The van der Waals surface area contributed by atoms with Gasteiger partial charge >= 0.3 is 13.1 Å². The standard InChI is InChI=1S/C20H23BCl2N2O7/c1-12(2)9-16(21-31-19(30)20(32-21,5-7-26)6-8-27)25-17(28)11-24-18(29)14-10-13(22)3-4-15(14)23/h3-4,7-8,10,12,16H,5-6,9,11H2,1-2H3,(H,24,29)(H,25,28)/t16-/m0/s1. The van der Waals surface area contributed by atoms with Crippen LogP contribution in [0, 0.1) is 5.92 Å². The Hall–Kier alpha value is -2.43. The molecule has 0 saturated carbocycles. The first-order chi connectivity index (χ1) is 15.1. The lowest BCUT2D eigenvalue weighted by Crippen LogP contribution is -2.51. The molecule has 1 saturated heterocycles. The van der Waals surface area contributed by atoms with E-state index in [-0.39, 0.29) is 35.9 Å². The summed E-state index contributed by atoms with van der Waals surface area (Å²) in [6, 6.07) is 4.38. The number of aldehydes is 2. The van der Waals surface area contributed by atoms with Gasteiger partial charge in [-0.2, -0.15) is 0 Å². The molecule has 0 aliphatic carbocycles. The lowest BCUT2D eigenvalue weighted by molar-refractivity contribution is -0.146. The van der Waals surface area contributed by atoms with Crippen molar-refractivity contribution in [1.82, 2.24) is 10.6 Å². The molecule has 1 atom stereocenters. The van der Waals surface area contributed by atoms with E-state index in [1.807, 2.05) is 13.8 Å². The fourth-order valence-electron chi connectivity index (χ4n) is 3.22. The minimum atomic E-state index is -1.70. The summed E-state index contributed by atoms with van der Waals surface area (Å²) in [7, 11) is -1.19. The lowest BCUT2D eigenvalue weighted by Gasteiger charge is -2.24. The Morgan fingerprint density at radius 2 is 1.84 bits per heavy atom. The van der Waals surface area contributed by atoms with E-state index in [0.29, 0.717) is 24.0 Å². The SMILES string of the molecule is CC(C)C[C@H](NC(=O)CNC(=O)c1cc(Cl)ccc1Cl)B1OC(=O)C(CC=O)(CC=O)O1. The number of carbonyl (C=O) groups excluding carboxylic acids is 5. The molecule has 1 aliphatic rings. The van der Waals surface area contributed by atoms with Crippen LogP contribution >= 0.6 is 23.2 Å². The molecule has 12 heteroatoms. The van der Waals surface area contributed by atoms with E-state index in [9.17, 15) is 24.0 Å². The van der Waals surface area contributed by atoms with E-state index < -0.39 is 36.4 Å². The molecule has 1 aliphatic heterocycles. The number of benzene rings is 1. The molecule has 1 heterocycles. The number of hydrogen-bond donors (Lipinski definition) is 2. The lowest BCUT2D eigenvalue weighted by atomic mass is 9.74. The van der Waals surface area contributed by atoms with Gasteiger partial charge in [-0.1, -0.05) is 37.0 Å². The first-order valence-electron chi connectivity index (χ1n) is 9.90. The highest BCUT2D eigenvalue weighted by Gasteiger charge is 2.55. The van der Waals surface area contributed by atoms with E-state index in [4.69, 9.17) is 32.5 Å². The van der Waals surface area contributed by atoms with Crippen molar-refractivity contribution in [2.75, 3.05) is 6.54 Å². The Morgan fingerprint density at radius 3 is 2.44 bits per heavy atom. The molecule has 0 radical (unpaired) electrons. The largest absolute Gasteiger partial charge is 0.552 e. The second kappa shape index (κ2) is 11.4. The molecule has 0 aromatic heterocycles. The summed E-state index contributed by atoms with van der Waals surface area (Å²) in [6.07, 6.45) is 0.620. The average Bonchev–Trinajstić information content (AvgIpc) is 3.04. The molecule has 2 amide bonds. The van der Waals surface area contributed by atoms with Gasteiger partial charge in [0.15, 0.2) is 5.60 Å². The molecule has 9 nitrogen and oxygen atoms in total. The number of nitrogens with one attached hydrogen (secondary N) is 2. The van der Waals surface area contributed by atoms with Gasteiger partial charge in [0.05, 0.1) is 23.1 Å². The molecule has 1 aromatic rings. The molecule has 172 valence electrons. The fourth-order valence-corrected chi connectivity index (χ4v) is 3.59. The monoisotopic (exact) mass is 484 g/mol. The number of hydrogen-bond acceptors (Lipinski definition) is 7. The Bertz CT molecular complexity index is 887. The average molecular weight is 485 g/mol. The Labute approximate surface area is 195 Å². The third-order valence-corrected chi connectivity index (χ3v) is 5.31. The van der Waals surface area contributed by atoms with Crippen LogP contribution in [0.1, 0.15) is 43.5 Å². The van der Waals surface area contributed by atoms with E-state index in [0.717, 1.165) is 0 Å². The summed E-state index contributed by atoms with van der Waals surface area (Å²) in [5, 5.41) is 5.61. The van der Waals surface area contributed by atoms with Crippen molar-refractivity contribution in [3.8, 4) is 0 Å². The molecule has 1 aromatic carbocycles. The van der Waals surface area contributed by atoms with Crippen LogP contribution in [0.2, 0.25) is 10.0 Å². The molecular weight excluding hydrogens is 462 g/mol. The number of amides is 2. The molecule has 0 spiro atoms. The van der Waals surface area contributed by atoms with Crippen molar-refractivity contribution in [2.24, 2.45) is 5.92 Å². The summed E-state index contributed by atoms with van der Waals surface area (Å²) in [5.41, 5.74) is -1.59. The van der Waals surface area contributed by atoms with Gasteiger partial charge in [-0.25, -0.2) is 0 Å². The minimum absolute atomic E-state index is 0.0783. The molecule has 0 bridgehead atoms. The van der Waals surface area contributed by atoms with Gasteiger partial charge in [-0.05, 0) is 30.5 Å². The highest BCUT2D eigenvalue weighted by molar-refractivity contribution is 6.51. The van der Waals surface area contributed by atoms with Gasteiger partial charge in [0.1, 0.15) is 12.6 Å². The highest BCUT2D eigenvalue weighted by atomic mass is 35.5. The highest BCUT2D eigenvalue weighted by Crippen LogP contribution is 2.31. The molecule has 0 unspecified atom stereocenters. The smallest absolute Gasteiger partial charge is 0.506 e. The topological polar surface area (TPSA) is 128 Å². The quantitative estimate of drug-likeness (QED) is 0.361. The molecule has 2 N–H and O–H groups in total. The first-order valence-corrected chi connectivity index (χ1v) is 10.7. The molecule has 2 rings (SSSR count). The minimum Gasteiger partial charge on any atom is -0.506 e. The van der Waals surface area contributed by atoms with Crippen LogP contribution in [0.3, 0.4) is 0 Å². The summed E-state index contributed by atoms with van der Waals surface area (Å²) in [5.74, 6) is -2.68. The third kappa shape index (κ3) is 6.54. The van der Waals surface area contributed by atoms with Crippen LogP contribution in [0.25, 0.3) is 0 Å². The van der Waals surface area contributed by atoms with Gasteiger partial charge in [-0.3, -0.25) is 14.4 Å². The van der Waals surface area contributed by atoms with Crippen LogP contribution < -0.4 is 10.6 Å². The van der Waals surface area contributed by atoms with E-state index in [1.165, 1.54) is 18.2 Å². The Kier molecular flexibility index (Phi) is 9.24. The first kappa shape index (κ1) is 25.8. The van der Waals surface area contributed by atoms with Gasteiger partial charge in [0.2, 0.25) is 5.91 Å². The fraction of sp³-hybridized carbons (Fsp3) is 0.450. The maximum absolute atomic E-state index is 12.5. The van der Waals surface area contributed by atoms with E-state index >= 15 is 0 Å². The zero-order valence-corrected chi connectivity index (χ0v) is 19.1. The number of rotatable bonds is 11. The predicted molar refractivity (Wildman–Crippen MR) is 117 cm³/mol. The van der Waals surface area contributed by atoms with Crippen molar-refractivity contribution in [2.45, 2.75) is 44.7 Å². The van der Waals surface area contributed by atoms with E-state index in [2.05, 4.69) is 10.6 Å². The van der Waals surface area contributed by atoms with Gasteiger partial charge in [-0.15, -0.1) is 0 Å². The molecule has 32 heavy (non-hydrogen) atoms. The zero-order chi connectivity index (χ0) is 23.9. The summed E-state index contributed by atoms with van der Waals surface area (Å²) in [6.45, 7) is 3.40. The van der Waals surface area contributed by atoms with Crippen LogP contribution in [-0.4, -0.2) is 55.6 Å². The Balaban J connectivity index is 2.05. The normalized spacial score (nSPS) is 15.8. The summed E-state index contributed by atoms with van der Waals surface area (Å²) < 4.78 is 10.9. The van der Waals surface area contributed by atoms with Crippen molar-refractivity contribution in [3.05, 3.63) is 33.8 Å². The number of carbonyl (C=O) groups is 5. The van der Waals surface area contributed by atoms with Gasteiger partial charge < -0.3 is 29.5 Å². The maximum Gasteiger partial charge on any atom is 0.552 e. The van der Waals surface area contributed by atoms with Crippen molar-refractivity contribution < 1.29 is 33.3 Å². The van der Waals surface area contributed by atoms with Crippen molar-refractivity contribution in [1.29, 1.82) is 0 Å². The van der Waals surface area contributed by atoms with Gasteiger partial charge in [0, 0.05) is 17.9 Å². The van der Waals surface area contributed by atoms with Crippen LogP contribution in [0.5, 0.6) is 0 Å². The molecule has 1 fully saturated rings. The summed E-state index contributed by atoms with van der Waals surface area (Å²) in [4.78, 5) is 59.1. The van der Waals surface area contributed by atoms with Crippen LogP contribution in [0.15, 0.2) is 18.2 Å². The van der Waals surface area contributed by atoms with E-state index in [1.54, 1.807) is 0 Å². The third-order valence-electron chi connectivity index (χ3n) is 4.75. The molecular formula is C20H23BCl2N2O7. The summed E-state index contributed by atoms with van der Waals surface area (Å²) >= 11 is 11.9. The second-order valence-corrected chi connectivity index (χ2v) is 8.58. The van der Waals surface area contributed by atoms with Crippen LogP contribution in [-0.2, 0) is 28.5 Å². The van der Waals surface area contributed by atoms with Crippen molar-refractivity contribution in [3.63, 3.8) is 0 Å². The zero-order valence-electron chi connectivity index (χ0n) is 17.6. The predicted octanol–water partition coefficient (Wildman–Crippen LogP) is 1.77. The second-order valence-electron chi connectivity index (χ2n) is 7.74.